The van der Waals surface area contributed by atoms with Crippen molar-refractivity contribution in [1.29, 1.82) is 0 Å². The van der Waals surface area contributed by atoms with Crippen LogP contribution in [-0.4, -0.2) is 91.0 Å². The van der Waals surface area contributed by atoms with Crippen molar-refractivity contribution in [2.24, 2.45) is 0 Å². The van der Waals surface area contributed by atoms with Crippen LogP contribution in [0, 0.1) is 0 Å². The molecule has 0 amide bonds. The first-order chi connectivity index (χ1) is 18.1. The summed E-state index contributed by atoms with van der Waals surface area (Å²) >= 11 is 0. The zero-order valence-corrected chi connectivity index (χ0v) is 29.1. The van der Waals surface area contributed by atoms with E-state index in [2.05, 4.69) is 67.2 Å². The van der Waals surface area contributed by atoms with Gasteiger partial charge in [-0.05, 0) is 12.8 Å². The number of quaternary nitrogens is 2. The molecule has 0 spiro atoms. The topological polar surface area (TPSA) is 90.2 Å². The standard InChI is InChI=1S/C18H38N.2C6H16N.CH4O4S/c1-2-3-4-5-6-7-8-9-10-11-12-13-14-15-16-17-18-19;2*1-5-6-7(2,3)4;1-5-6(2,3)4/h19H,2-18H2,1H3;2*5-6H2,1-4H3;1H3,(H,2,3,4)/q-1;2*+1;/p-1. The molecule has 1 N–H and O–H groups in total. The molecule has 0 aliphatic heterocycles. The normalized spacial score (nSPS) is 11.5. The van der Waals surface area contributed by atoms with Gasteiger partial charge < -0.3 is 19.3 Å². The van der Waals surface area contributed by atoms with Crippen molar-refractivity contribution in [2.45, 2.75) is 136 Å². The second-order valence-electron chi connectivity index (χ2n) is 12.7. The molecule has 0 aliphatic rings. The molecular weight excluding hydrogens is 510 g/mol. The molecule has 0 atom stereocenters. The van der Waals surface area contributed by atoms with E-state index in [1.807, 2.05) is 0 Å². The quantitative estimate of drug-likeness (QED) is 0.0585. The Morgan fingerprint density at radius 1 is 0.538 bits per heavy atom. The minimum atomic E-state index is -4.41. The molecule has 0 unspecified atom stereocenters. The SMILES string of the molecule is CCCCCCCCCCCCCCCCCC[NH-].CCC[N+](C)(C)C.CCC[N+](C)(C)C.COS(=O)(=O)[O-]. The van der Waals surface area contributed by atoms with E-state index >= 15 is 0 Å². The monoisotopic (exact) mass is 584 g/mol. The zero-order chi connectivity index (χ0) is 31.1. The highest BCUT2D eigenvalue weighted by Crippen LogP contribution is 2.13. The fraction of sp³-hybridized carbons (Fsp3) is 1.00. The van der Waals surface area contributed by atoms with Crippen LogP contribution >= 0.6 is 0 Å². The lowest BCUT2D eigenvalue weighted by Gasteiger charge is -2.22. The molecule has 0 aromatic heterocycles. The van der Waals surface area contributed by atoms with Crippen LogP contribution in [0.25, 0.3) is 5.73 Å². The molecule has 7 nitrogen and oxygen atoms in total. The first-order valence-corrected chi connectivity index (χ1v) is 17.2. The Balaban J connectivity index is -0.000000250. The summed E-state index contributed by atoms with van der Waals surface area (Å²) in [5.41, 5.74) is 7.08. The average Bonchev–Trinajstić information content (AvgIpc) is 2.81. The van der Waals surface area contributed by atoms with Gasteiger partial charge in [-0.2, -0.15) is 6.54 Å². The zero-order valence-electron chi connectivity index (χ0n) is 28.3. The second-order valence-corrected chi connectivity index (χ2v) is 13.8. The Morgan fingerprint density at radius 3 is 0.897 bits per heavy atom. The average molecular weight is 584 g/mol. The van der Waals surface area contributed by atoms with E-state index in [0.29, 0.717) is 6.54 Å². The van der Waals surface area contributed by atoms with Crippen LogP contribution in [0.1, 0.15) is 136 Å². The number of rotatable bonds is 21. The van der Waals surface area contributed by atoms with Crippen LogP contribution in [0.4, 0.5) is 0 Å². The van der Waals surface area contributed by atoms with E-state index in [1.165, 1.54) is 122 Å². The molecule has 0 heterocycles. The molecule has 8 heteroatoms. The van der Waals surface area contributed by atoms with Crippen LogP contribution < -0.4 is 0 Å². The number of unbranched alkanes of at least 4 members (excludes halogenated alkanes) is 15. The molecule has 0 fully saturated rings. The summed E-state index contributed by atoms with van der Waals surface area (Å²) < 4.78 is 33.2. The first kappa shape index (κ1) is 45.7. The van der Waals surface area contributed by atoms with Gasteiger partial charge in [-0.25, -0.2) is 8.42 Å². The van der Waals surface area contributed by atoms with Crippen molar-refractivity contribution >= 4 is 10.4 Å². The third-order valence-corrected chi connectivity index (χ3v) is 6.43. The number of nitrogens with one attached hydrogen (secondary N) is 1. The Morgan fingerprint density at radius 2 is 0.769 bits per heavy atom. The largest absolute Gasteiger partial charge is 0.726 e. The van der Waals surface area contributed by atoms with Gasteiger partial charge in [0.25, 0.3) is 0 Å². The Kier molecular flexibility index (Phi) is 37.8. The van der Waals surface area contributed by atoms with Gasteiger partial charge in [-0.15, -0.1) is 0 Å². The van der Waals surface area contributed by atoms with Gasteiger partial charge in [-0.1, -0.05) is 124 Å². The molecule has 0 aromatic rings. The molecular formula is C31H73N3O4S. The van der Waals surface area contributed by atoms with Crippen molar-refractivity contribution in [3.63, 3.8) is 0 Å². The lowest BCUT2D eigenvalue weighted by Crippen LogP contribution is -2.34. The number of hydrogen-bond acceptors (Lipinski definition) is 4. The summed E-state index contributed by atoms with van der Waals surface area (Å²) in [6.45, 7) is 9.89. The molecule has 0 saturated carbocycles. The van der Waals surface area contributed by atoms with E-state index in [9.17, 15) is 13.0 Å². The Hall–Kier alpha value is -0.250. The highest BCUT2D eigenvalue weighted by atomic mass is 32.3. The van der Waals surface area contributed by atoms with Crippen LogP contribution in [0.15, 0.2) is 0 Å². The fourth-order valence-corrected chi connectivity index (χ4v) is 4.01. The third-order valence-electron chi connectivity index (χ3n) is 6.02. The van der Waals surface area contributed by atoms with Crippen LogP contribution in [0.5, 0.6) is 0 Å². The smallest absolute Gasteiger partial charge is 0.217 e. The van der Waals surface area contributed by atoms with Gasteiger partial charge in [-0.3, -0.25) is 4.18 Å². The molecule has 0 aromatic carbocycles. The fourth-order valence-electron chi connectivity index (χ4n) is 4.01. The van der Waals surface area contributed by atoms with Crippen molar-refractivity contribution in [1.82, 2.24) is 0 Å². The summed E-state index contributed by atoms with van der Waals surface area (Å²) in [6.07, 6.45) is 25.1. The van der Waals surface area contributed by atoms with Gasteiger partial charge in [0.05, 0.1) is 62.5 Å². The van der Waals surface area contributed by atoms with E-state index in [-0.39, 0.29) is 0 Å². The maximum Gasteiger partial charge on any atom is 0.217 e. The first-order valence-electron chi connectivity index (χ1n) is 15.9. The predicted octanol–water partition coefficient (Wildman–Crippen LogP) is 8.60. The molecule has 0 radical (unpaired) electrons. The third kappa shape index (κ3) is 67.4. The van der Waals surface area contributed by atoms with Gasteiger partial charge >= 0.3 is 0 Å². The van der Waals surface area contributed by atoms with Crippen LogP contribution in [0.3, 0.4) is 0 Å². The van der Waals surface area contributed by atoms with E-state index in [4.69, 9.17) is 5.73 Å². The van der Waals surface area contributed by atoms with Crippen molar-refractivity contribution in [3.8, 4) is 0 Å². The Bertz CT molecular complexity index is 513. The highest BCUT2D eigenvalue weighted by molar-refractivity contribution is 7.80. The van der Waals surface area contributed by atoms with Crippen molar-refractivity contribution in [3.05, 3.63) is 5.73 Å². The maximum absolute atomic E-state index is 9.22. The summed E-state index contributed by atoms with van der Waals surface area (Å²) in [4.78, 5) is 0. The Labute approximate surface area is 247 Å². The van der Waals surface area contributed by atoms with E-state index < -0.39 is 10.4 Å². The summed E-state index contributed by atoms with van der Waals surface area (Å²) in [7, 11) is 9.67. The minimum Gasteiger partial charge on any atom is -0.726 e. The lowest BCUT2D eigenvalue weighted by atomic mass is 10.0. The maximum atomic E-state index is 9.22. The minimum absolute atomic E-state index is 0.623. The molecule has 242 valence electrons. The highest BCUT2D eigenvalue weighted by Gasteiger charge is 2.02. The van der Waals surface area contributed by atoms with Crippen molar-refractivity contribution < 1.29 is 26.1 Å². The summed E-state index contributed by atoms with van der Waals surface area (Å²) in [5.74, 6) is 0. The van der Waals surface area contributed by atoms with E-state index in [0.717, 1.165) is 22.5 Å². The van der Waals surface area contributed by atoms with Crippen LogP contribution in [0.2, 0.25) is 0 Å². The molecule has 0 rings (SSSR count). The number of hydrogen-bond donors (Lipinski definition) is 0. The molecule has 0 bridgehead atoms. The van der Waals surface area contributed by atoms with Crippen LogP contribution in [-0.2, 0) is 14.6 Å². The molecule has 0 saturated heterocycles. The van der Waals surface area contributed by atoms with Gasteiger partial charge in [0.15, 0.2) is 0 Å². The molecule has 39 heavy (non-hydrogen) atoms. The van der Waals surface area contributed by atoms with Crippen molar-refractivity contribution in [2.75, 3.05) is 69.0 Å². The van der Waals surface area contributed by atoms with Gasteiger partial charge in [0, 0.05) is 0 Å². The van der Waals surface area contributed by atoms with Gasteiger partial charge in [0.2, 0.25) is 10.4 Å². The molecule has 0 aliphatic carbocycles. The number of nitrogens with zero attached hydrogens (tertiary/aromatic N) is 2. The summed E-state index contributed by atoms with van der Waals surface area (Å²) in [5, 5.41) is 0. The summed E-state index contributed by atoms with van der Waals surface area (Å²) in [6, 6.07) is 0. The second kappa shape index (κ2) is 32.3. The predicted molar refractivity (Wildman–Crippen MR) is 172 cm³/mol. The van der Waals surface area contributed by atoms with Gasteiger partial charge in [0.1, 0.15) is 0 Å². The van der Waals surface area contributed by atoms with E-state index in [1.54, 1.807) is 0 Å². The lowest BCUT2D eigenvalue weighted by molar-refractivity contribution is -0.870.